The number of nitrogens with two attached hydrogens (primary N) is 1. The maximum atomic E-state index is 8.78. The van der Waals surface area contributed by atoms with Gasteiger partial charge in [0.05, 0.1) is 12.3 Å². The van der Waals surface area contributed by atoms with Crippen LogP contribution in [-0.2, 0) is 7.05 Å². The first-order valence-electron chi connectivity index (χ1n) is 6.27. The Balaban J connectivity index is 2.05. The average molecular weight is 252 g/mol. The minimum absolute atomic E-state index is 0.0410. The second kappa shape index (κ2) is 5.29. The van der Waals surface area contributed by atoms with E-state index in [1.54, 1.807) is 11.7 Å². The predicted molar refractivity (Wildman–Crippen MR) is 67.9 cm³/mol. The first kappa shape index (κ1) is 12.7. The predicted octanol–water partition coefficient (Wildman–Crippen LogP) is 1.39. The number of hydrogen-bond donors (Lipinski definition) is 2. The summed E-state index contributed by atoms with van der Waals surface area (Å²) in [5.41, 5.74) is 6.92. The van der Waals surface area contributed by atoms with Crippen molar-refractivity contribution in [2.24, 2.45) is 23.9 Å². The lowest BCUT2D eigenvalue weighted by Crippen LogP contribution is -2.18. The SMILES string of the molecule is Cc1nn(C)c(OCCC2CCC2)c1C(N)=NO. The molecule has 1 aromatic heterocycles. The van der Waals surface area contributed by atoms with E-state index in [2.05, 4.69) is 10.3 Å². The molecule has 6 heteroatoms. The summed E-state index contributed by atoms with van der Waals surface area (Å²) < 4.78 is 7.38. The standard InChI is InChI=1S/C12H20N4O2/c1-8-10(11(13)15-17)12(16(2)14-8)18-7-6-9-4-3-5-9/h9,17H,3-7H2,1-2H3,(H2,13,15). The lowest BCUT2D eigenvalue weighted by molar-refractivity contribution is 0.211. The van der Waals surface area contributed by atoms with Crippen molar-refractivity contribution < 1.29 is 9.94 Å². The molecule has 1 saturated carbocycles. The molecule has 3 N–H and O–H groups in total. The smallest absolute Gasteiger partial charge is 0.223 e. The molecule has 0 saturated heterocycles. The molecule has 0 aromatic carbocycles. The molecule has 0 atom stereocenters. The maximum Gasteiger partial charge on any atom is 0.223 e. The van der Waals surface area contributed by atoms with E-state index in [0.29, 0.717) is 23.7 Å². The fraction of sp³-hybridized carbons (Fsp3) is 0.667. The molecule has 0 bridgehead atoms. The number of hydrogen-bond acceptors (Lipinski definition) is 4. The third kappa shape index (κ3) is 2.42. The molecule has 1 aliphatic rings. The third-order valence-corrected chi connectivity index (χ3v) is 3.52. The van der Waals surface area contributed by atoms with Gasteiger partial charge in [0, 0.05) is 7.05 Å². The van der Waals surface area contributed by atoms with Crippen molar-refractivity contribution in [3.63, 3.8) is 0 Å². The van der Waals surface area contributed by atoms with Gasteiger partial charge in [0.2, 0.25) is 5.88 Å². The Bertz CT molecular complexity index is 449. The molecule has 1 fully saturated rings. The van der Waals surface area contributed by atoms with Gasteiger partial charge in [-0.25, -0.2) is 4.68 Å². The number of aromatic nitrogens is 2. The van der Waals surface area contributed by atoms with Crippen LogP contribution in [0.5, 0.6) is 5.88 Å². The fourth-order valence-electron chi connectivity index (χ4n) is 2.25. The second-order valence-electron chi connectivity index (χ2n) is 4.81. The van der Waals surface area contributed by atoms with Gasteiger partial charge in [-0.2, -0.15) is 5.10 Å². The summed E-state index contributed by atoms with van der Waals surface area (Å²) in [4.78, 5) is 0. The summed E-state index contributed by atoms with van der Waals surface area (Å²) in [6.07, 6.45) is 5.01. The van der Waals surface area contributed by atoms with E-state index in [1.165, 1.54) is 19.3 Å². The van der Waals surface area contributed by atoms with Gasteiger partial charge in [0.15, 0.2) is 5.84 Å². The van der Waals surface area contributed by atoms with Gasteiger partial charge in [-0.1, -0.05) is 24.4 Å². The molecule has 1 aliphatic carbocycles. The summed E-state index contributed by atoms with van der Waals surface area (Å²) in [6, 6.07) is 0. The average Bonchev–Trinajstić information content (AvgIpc) is 2.56. The first-order valence-corrected chi connectivity index (χ1v) is 6.27. The number of rotatable bonds is 5. The van der Waals surface area contributed by atoms with Crippen molar-refractivity contribution in [2.45, 2.75) is 32.6 Å². The third-order valence-electron chi connectivity index (χ3n) is 3.52. The summed E-state index contributed by atoms with van der Waals surface area (Å²) in [5.74, 6) is 1.41. The van der Waals surface area contributed by atoms with Crippen molar-refractivity contribution in [1.29, 1.82) is 0 Å². The Morgan fingerprint density at radius 3 is 2.89 bits per heavy atom. The lowest BCUT2D eigenvalue weighted by atomic mass is 9.83. The van der Waals surface area contributed by atoms with Crippen LogP contribution in [0, 0.1) is 12.8 Å². The van der Waals surface area contributed by atoms with Crippen LogP contribution in [0.2, 0.25) is 0 Å². The van der Waals surface area contributed by atoms with Gasteiger partial charge >= 0.3 is 0 Å². The van der Waals surface area contributed by atoms with Gasteiger partial charge in [-0.3, -0.25) is 0 Å². The van der Waals surface area contributed by atoms with Crippen LogP contribution in [0.4, 0.5) is 0 Å². The Morgan fingerprint density at radius 2 is 2.33 bits per heavy atom. The molecule has 0 aliphatic heterocycles. The molecule has 0 amide bonds. The summed E-state index contributed by atoms with van der Waals surface area (Å²) in [6.45, 7) is 2.46. The van der Waals surface area contributed by atoms with Gasteiger partial charge in [-0.05, 0) is 19.3 Å². The molecule has 0 spiro atoms. The van der Waals surface area contributed by atoms with E-state index in [-0.39, 0.29) is 5.84 Å². The minimum Gasteiger partial charge on any atom is -0.477 e. The zero-order valence-electron chi connectivity index (χ0n) is 10.9. The second-order valence-corrected chi connectivity index (χ2v) is 4.81. The van der Waals surface area contributed by atoms with Gasteiger partial charge < -0.3 is 15.7 Å². The molecular formula is C12H20N4O2. The van der Waals surface area contributed by atoms with Gasteiger partial charge in [0.25, 0.3) is 0 Å². The quantitative estimate of drug-likeness (QED) is 0.359. The largest absolute Gasteiger partial charge is 0.477 e. The minimum atomic E-state index is 0.0410. The van der Waals surface area contributed by atoms with Crippen LogP contribution < -0.4 is 10.5 Å². The van der Waals surface area contributed by atoms with E-state index < -0.39 is 0 Å². The van der Waals surface area contributed by atoms with Crippen LogP contribution >= 0.6 is 0 Å². The topological polar surface area (TPSA) is 85.7 Å². The molecule has 18 heavy (non-hydrogen) atoms. The van der Waals surface area contributed by atoms with E-state index in [1.807, 2.05) is 6.92 Å². The van der Waals surface area contributed by atoms with E-state index in [0.717, 1.165) is 12.3 Å². The maximum absolute atomic E-state index is 8.78. The molecule has 0 unspecified atom stereocenters. The van der Waals surface area contributed by atoms with E-state index >= 15 is 0 Å². The molecule has 100 valence electrons. The van der Waals surface area contributed by atoms with E-state index in [4.69, 9.17) is 15.7 Å². The number of nitrogens with zero attached hydrogens (tertiary/aromatic N) is 3. The van der Waals surface area contributed by atoms with Crippen molar-refractivity contribution in [2.75, 3.05) is 6.61 Å². The fourth-order valence-corrected chi connectivity index (χ4v) is 2.25. The highest BCUT2D eigenvalue weighted by atomic mass is 16.5. The molecular weight excluding hydrogens is 232 g/mol. The Morgan fingerprint density at radius 1 is 1.61 bits per heavy atom. The van der Waals surface area contributed by atoms with Crippen LogP contribution in [0.25, 0.3) is 0 Å². The highest BCUT2D eigenvalue weighted by molar-refractivity contribution is 6.00. The van der Waals surface area contributed by atoms with Crippen molar-refractivity contribution >= 4 is 5.84 Å². The Hall–Kier alpha value is -1.72. The van der Waals surface area contributed by atoms with Crippen molar-refractivity contribution in [1.82, 2.24) is 9.78 Å². The lowest BCUT2D eigenvalue weighted by Gasteiger charge is -2.25. The highest BCUT2D eigenvalue weighted by Crippen LogP contribution is 2.30. The van der Waals surface area contributed by atoms with Crippen LogP contribution in [0.3, 0.4) is 0 Å². The highest BCUT2D eigenvalue weighted by Gasteiger charge is 2.20. The molecule has 2 rings (SSSR count). The number of oxime groups is 1. The number of amidine groups is 1. The van der Waals surface area contributed by atoms with Crippen molar-refractivity contribution in [3.8, 4) is 5.88 Å². The van der Waals surface area contributed by atoms with Crippen LogP contribution in [0.1, 0.15) is 36.9 Å². The zero-order chi connectivity index (χ0) is 13.1. The Kier molecular flexibility index (Phi) is 3.74. The molecule has 6 nitrogen and oxygen atoms in total. The monoisotopic (exact) mass is 252 g/mol. The normalized spacial score (nSPS) is 16.7. The van der Waals surface area contributed by atoms with Crippen molar-refractivity contribution in [3.05, 3.63) is 11.3 Å². The first-order chi connectivity index (χ1) is 8.63. The molecule has 1 heterocycles. The Labute approximate surface area is 106 Å². The van der Waals surface area contributed by atoms with Gasteiger partial charge in [0.1, 0.15) is 5.56 Å². The van der Waals surface area contributed by atoms with Crippen LogP contribution in [0.15, 0.2) is 5.16 Å². The summed E-state index contributed by atoms with van der Waals surface area (Å²) in [5, 5.41) is 16.0. The zero-order valence-corrected chi connectivity index (χ0v) is 10.9. The molecule has 0 radical (unpaired) electrons. The molecule has 1 aromatic rings. The summed E-state index contributed by atoms with van der Waals surface area (Å²) in [7, 11) is 1.79. The van der Waals surface area contributed by atoms with E-state index in [9.17, 15) is 0 Å². The number of ether oxygens (including phenoxy) is 1. The van der Waals surface area contributed by atoms with Gasteiger partial charge in [-0.15, -0.1) is 0 Å². The number of aryl methyl sites for hydroxylation is 2. The van der Waals surface area contributed by atoms with Crippen LogP contribution in [-0.4, -0.2) is 27.4 Å². The summed E-state index contributed by atoms with van der Waals surface area (Å²) >= 11 is 0.